The predicted molar refractivity (Wildman–Crippen MR) is 93.3 cm³/mol. The number of aryl methyl sites for hydroxylation is 1. The number of nitrogens with zero attached hydrogens (tertiary/aromatic N) is 2. The molecule has 0 fully saturated rings. The summed E-state index contributed by atoms with van der Waals surface area (Å²) in [6.07, 6.45) is 0. The van der Waals surface area contributed by atoms with Gasteiger partial charge in [0.05, 0.1) is 11.3 Å². The molecule has 1 amide bonds. The standard InChI is InChI=1S/C17H15ClN2O2S/c1-3-22-13-5-4-6-14-15(13)20(2)17(23-14)19-16(21)11-7-9-12(18)10-8-11/h4-10H,3H2,1-2H3. The fraction of sp³-hybridized carbons (Fsp3) is 0.176. The molecule has 2 aromatic carbocycles. The Morgan fingerprint density at radius 2 is 2.00 bits per heavy atom. The number of hydrogen-bond acceptors (Lipinski definition) is 3. The molecule has 0 aliphatic rings. The monoisotopic (exact) mass is 346 g/mol. The molecule has 3 rings (SSSR count). The lowest BCUT2D eigenvalue weighted by Crippen LogP contribution is -2.13. The predicted octanol–water partition coefficient (Wildman–Crippen LogP) is 4.03. The van der Waals surface area contributed by atoms with Crippen molar-refractivity contribution in [3.8, 4) is 5.75 Å². The van der Waals surface area contributed by atoms with Crippen molar-refractivity contribution < 1.29 is 9.53 Å². The molecule has 0 saturated heterocycles. The molecular formula is C17H15ClN2O2S. The normalized spacial score (nSPS) is 11.9. The van der Waals surface area contributed by atoms with E-state index in [1.165, 1.54) is 11.3 Å². The molecule has 0 aliphatic carbocycles. The first-order chi connectivity index (χ1) is 11.1. The van der Waals surface area contributed by atoms with Crippen molar-refractivity contribution in [1.29, 1.82) is 0 Å². The van der Waals surface area contributed by atoms with Crippen LogP contribution < -0.4 is 9.54 Å². The number of carbonyl (C=O) groups excluding carboxylic acids is 1. The highest BCUT2D eigenvalue weighted by molar-refractivity contribution is 7.16. The number of halogens is 1. The second-order valence-electron chi connectivity index (χ2n) is 4.90. The number of ether oxygens (including phenoxy) is 1. The van der Waals surface area contributed by atoms with Crippen LogP contribution in [0.3, 0.4) is 0 Å². The molecule has 3 aromatic rings. The van der Waals surface area contributed by atoms with Crippen LogP contribution in [0.2, 0.25) is 5.02 Å². The van der Waals surface area contributed by atoms with Crippen molar-refractivity contribution in [3.63, 3.8) is 0 Å². The molecule has 0 radical (unpaired) electrons. The zero-order valence-corrected chi connectivity index (χ0v) is 14.3. The zero-order chi connectivity index (χ0) is 16.4. The fourth-order valence-corrected chi connectivity index (χ4v) is 3.45. The molecule has 0 N–H and O–H groups in total. The van der Waals surface area contributed by atoms with Gasteiger partial charge in [0.1, 0.15) is 11.3 Å². The largest absolute Gasteiger partial charge is 0.492 e. The van der Waals surface area contributed by atoms with Crippen LogP contribution in [0.15, 0.2) is 47.5 Å². The van der Waals surface area contributed by atoms with Crippen LogP contribution >= 0.6 is 22.9 Å². The van der Waals surface area contributed by atoms with Gasteiger partial charge in [-0.15, -0.1) is 0 Å². The van der Waals surface area contributed by atoms with Crippen LogP contribution in [0, 0.1) is 0 Å². The SMILES string of the molecule is CCOc1cccc2sc(=NC(=O)c3ccc(Cl)cc3)n(C)c12. The number of fused-ring (bicyclic) bond motifs is 1. The van der Waals surface area contributed by atoms with E-state index >= 15 is 0 Å². The average molecular weight is 347 g/mol. The Hall–Kier alpha value is -2.11. The summed E-state index contributed by atoms with van der Waals surface area (Å²) in [5.41, 5.74) is 1.46. The second kappa shape index (κ2) is 6.56. The van der Waals surface area contributed by atoms with Gasteiger partial charge in [-0.05, 0) is 43.3 Å². The lowest BCUT2D eigenvalue weighted by Gasteiger charge is -2.05. The number of amides is 1. The maximum Gasteiger partial charge on any atom is 0.279 e. The molecule has 0 atom stereocenters. The Labute approximate surface area is 142 Å². The van der Waals surface area contributed by atoms with Crippen LogP contribution in [0.1, 0.15) is 17.3 Å². The fourth-order valence-electron chi connectivity index (χ4n) is 2.29. The third kappa shape index (κ3) is 3.16. The van der Waals surface area contributed by atoms with Gasteiger partial charge in [-0.1, -0.05) is 29.0 Å². The summed E-state index contributed by atoms with van der Waals surface area (Å²) in [4.78, 5) is 17.2. The van der Waals surface area contributed by atoms with Crippen LogP contribution in [0.25, 0.3) is 10.2 Å². The van der Waals surface area contributed by atoms with E-state index in [4.69, 9.17) is 16.3 Å². The molecule has 1 heterocycles. The van der Waals surface area contributed by atoms with E-state index in [0.29, 0.717) is 22.0 Å². The van der Waals surface area contributed by atoms with Gasteiger partial charge in [0.2, 0.25) is 0 Å². The van der Waals surface area contributed by atoms with Crippen LogP contribution in [0.5, 0.6) is 5.75 Å². The molecule has 6 heteroatoms. The Morgan fingerprint density at radius 3 is 2.70 bits per heavy atom. The summed E-state index contributed by atoms with van der Waals surface area (Å²) in [5.74, 6) is 0.505. The Balaban J connectivity index is 2.09. The third-order valence-electron chi connectivity index (χ3n) is 3.37. The van der Waals surface area contributed by atoms with E-state index in [-0.39, 0.29) is 5.91 Å². The highest BCUT2D eigenvalue weighted by atomic mass is 35.5. The molecule has 0 saturated carbocycles. The number of aromatic nitrogens is 1. The van der Waals surface area contributed by atoms with E-state index < -0.39 is 0 Å². The summed E-state index contributed by atoms with van der Waals surface area (Å²) in [7, 11) is 1.88. The van der Waals surface area contributed by atoms with Crippen molar-refractivity contribution in [2.45, 2.75) is 6.92 Å². The summed E-state index contributed by atoms with van der Waals surface area (Å²) >= 11 is 7.30. The molecule has 118 valence electrons. The minimum Gasteiger partial charge on any atom is -0.492 e. The van der Waals surface area contributed by atoms with E-state index in [1.54, 1.807) is 24.3 Å². The first-order valence-corrected chi connectivity index (χ1v) is 8.35. The number of hydrogen-bond donors (Lipinski definition) is 0. The smallest absolute Gasteiger partial charge is 0.279 e. The Bertz CT molecular complexity index is 926. The van der Waals surface area contributed by atoms with E-state index in [0.717, 1.165) is 16.0 Å². The number of carbonyl (C=O) groups is 1. The molecule has 0 bridgehead atoms. The number of para-hydroxylation sites is 1. The van der Waals surface area contributed by atoms with Crippen molar-refractivity contribution in [1.82, 2.24) is 4.57 Å². The minimum absolute atomic E-state index is 0.290. The first kappa shape index (κ1) is 15.8. The van der Waals surface area contributed by atoms with Gasteiger partial charge in [0.25, 0.3) is 5.91 Å². The van der Waals surface area contributed by atoms with Gasteiger partial charge >= 0.3 is 0 Å². The van der Waals surface area contributed by atoms with Crippen LogP contribution in [-0.2, 0) is 7.05 Å². The van der Waals surface area contributed by atoms with Crippen molar-refractivity contribution in [2.24, 2.45) is 12.0 Å². The Morgan fingerprint density at radius 1 is 1.26 bits per heavy atom. The maximum atomic E-state index is 12.3. The van der Waals surface area contributed by atoms with E-state index in [2.05, 4.69) is 4.99 Å². The summed E-state index contributed by atoms with van der Waals surface area (Å²) in [6.45, 7) is 2.53. The minimum atomic E-state index is -0.290. The third-order valence-corrected chi connectivity index (χ3v) is 4.72. The summed E-state index contributed by atoms with van der Waals surface area (Å²) in [5, 5.41) is 0.593. The second-order valence-corrected chi connectivity index (χ2v) is 6.35. The number of thiazole rings is 1. The highest BCUT2D eigenvalue weighted by Gasteiger charge is 2.10. The molecule has 0 spiro atoms. The molecular weight excluding hydrogens is 332 g/mol. The lowest BCUT2D eigenvalue weighted by molar-refractivity contribution is 0.0998. The van der Waals surface area contributed by atoms with Crippen LogP contribution in [0.4, 0.5) is 0 Å². The highest BCUT2D eigenvalue weighted by Crippen LogP contribution is 2.26. The lowest BCUT2D eigenvalue weighted by atomic mass is 10.2. The Kier molecular flexibility index (Phi) is 4.50. The van der Waals surface area contributed by atoms with Gasteiger partial charge in [0.15, 0.2) is 4.80 Å². The van der Waals surface area contributed by atoms with Crippen molar-refractivity contribution >= 4 is 39.1 Å². The molecule has 23 heavy (non-hydrogen) atoms. The summed E-state index contributed by atoms with van der Waals surface area (Å²) < 4.78 is 8.58. The van der Waals surface area contributed by atoms with Gasteiger partial charge < -0.3 is 9.30 Å². The number of benzene rings is 2. The molecule has 0 aliphatic heterocycles. The van der Waals surface area contributed by atoms with Gasteiger partial charge in [-0.3, -0.25) is 4.79 Å². The topological polar surface area (TPSA) is 43.6 Å². The maximum absolute atomic E-state index is 12.3. The van der Waals surface area contributed by atoms with E-state index in [9.17, 15) is 4.79 Å². The summed E-state index contributed by atoms with van der Waals surface area (Å²) in [6, 6.07) is 12.6. The molecule has 1 aromatic heterocycles. The van der Waals surface area contributed by atoms with Gasteiger partial charge in [-0.25, -0.2) is 0 Å². The first-order valence-electron chi connectivity index (χ1n) is 7.16. The molecule has 0 unspecified atom stereocenters. The van der Waals surface area contributed by atoms with Crippen molar-refractivity contribution in [3.05, 3.63) is 57.9 Å². The number of rotatable bonds is 3. The van der Waals surface area contributed by atoms with Crippen LogP contribution in [-0.4, -0.2) is 17.1 Å². The van der Waals surface area contributed by atoms with Gasteiger partial charge in [0, 0.05) is 17.6 Å². The zero-order valence-electron chi connectivity index (χ0n) is 12.7. The average Bonchev–Trinajstić information content (AvgIpc) is 2.85. The molecule has 4 nitrogen and oxygen atoms in total. The quantitative estimate of drug-likeness (QED) is 0.718. The van der Waals surface area contributed by atoms with E-state index in [1.807, 2.05) is 36.7 Å². The van der Waals surface area contributed by atoms with Crippen molar-refractivity contribution in [2.75, 3.05) is 6.61 Å². The van der Waals surface area contributed by atoms with Gasteiger partial charge in [-0.2, -0.15) is 4.99 Å².